The molecule has 0 saturated carbocycles. The minimum atomic E-state index is 0. The molecular formula is C19H20Cl2N2. The highest BCUT2D eigenvalue weighted by molar-refractivity contribution is 5.85. The van der Waals surface area contributed by atoms with Crippen molar-refractivity contribution in [3.05, 3.63) is 95.8 Å². The van der Waals surface area contributed by atoms with Crippen molar-refractivity contribution < 1.29 is 0 Å². The summed E-state index contributed by atoms with van der Waals surface area (Å²) in [6.45, 7) is 2.10. The lowest BCUT2D eigenvalue weighted by Gasteiger charge is -2.21. The number of aromatic nitrogens is 1. The number of hydrogen-bond acceptors (Lipinski definition) is 2. The summed E-state index contributed by atoms with van der Waals surface area (Å²) >= 11 is 0. The molecule has 4 heteroatoms. The van der Waals surface area contributed by atoms with E-state index in [0.29, 0.717) is 0 Å². The number of nitrogens with one attached hydrogen (secondary N) is 1. The molecule has 0 fully saturated rings. The Morgan fingerprint density at radius 1 is 0.739 bits per heavy atom. The van der Waals surface area contributed by atoms with E-state index >= 15 is 0 Å². The molecule has 0 amide bonds. The number of benzene rings is 2. The molecular weight excluding hydrogens is 327 g/mol. The zero-order valence-corrected chi connectivity index (χ0v) is 14.5. The lowest BCUT2D eigenvalue weighted by Crippen LogP contribution is -2.12. The summed E-state index contributed by atoms with van der Waals surface area (Å²) < 4.78 is 0. The normalized spacial score (nSPS) is 10.8. The van der Waals surface area contributed by atoms with Crippen LogP contribution in [0.1, 0.15) is 22.7 Å². The Labute approximate surface area is 149 Å². The van der Waals surface area contributed by atoms with Crippen molar-refractivity contribution >= 4 is 30.5 Å². The van der Waals surface area contributed by atoms with Gasteiger partial charge in [0.25, 0.3) is 0 Å². The molecule has 23 heavy (non-hydrogen) atoms. The highest BCUT2D eigenvalue weighted by atomic mass is 35.5. The van der Waals surface area contributed by atoms with Gasteiger partial charge in [-0.1, -0.05) is 48.0 Å². The van der Waals surface area contributed by atoms with Crippen LogP contribution in [0.5, 0.6) is 0 Å². The summed E-state index contributed by atoms with van der Waals surface area (Å²) in [5.41, 5.74) is 4.83. The maximum absolute atomic E-state index is 4.11. The van der Waals surface area contributed by atoms with Gasteiger partial charge in [0.1, 0.15) is 0 Å². The zero-order valence-electron chi connectivity index (χ0n) is 12.8. The maximum atomic E-state index is 4.11. The molecule has 2 nitrogen and oxygen atoms in total. The average Bonchev–Trinajstić information content (AvgIpc) is 2.56. The first-order valence-electron chi connectivity index (χ1n) is 7.11. The van der Waals surface area contributed by atoms with E-state index in [4.69, 9.17) is 0 Å². The van der Waals surface area contributed by atoms with Crippen LogP contribution < -0.4 is 5.32 Å². The number of aryl methyl sites for hydroxylation is 1. The fraction of sp³-hybridized carbons (Fsp3) is 0.105. The smallest absolute Gasteiger partial charge is 0.0768 e. The molecule has 0 bridgehead atoms. The van der Waals surface area contributed by atoms with E-state index < -0.39 is 0 Å². The number of anilines is 1. The molecule has 0 saturated heterocycles. The first kappa shape index (κ1) is 19.0. The van der Waals surface area contributed by atoms with Crippen LogP contribution in [0.15, 0.2) is 79.1 Å². The summed E-state index contributed by atoms with van der Waals surface area (Å²) in [5, 5.41) is 3.61. The molecule has 3 aromatic rings. The first-order valence-corrected chi connectivity index (χ1v) is 7.11. The van der Waals surface area contributed by atoms with Gasteiger partial charge in [-0.05, 0) is 42.3 Å². The zero-order chi connectivity index (χ0) is 14.5. The minimum absolute atomic E-state index is 0. The van der Waals surface area contributed by atoms with E-state index in [1.54, 1.807) is 0 Å². The maximum Gasteiger partial charge on any atom is 0.0768 e. The highest BCUT2D eigenvalue weighted by Crippen LogP contribution is 2.26. The predicted octanol–water partition coefficient (Wildman–Crippen LogP) is 5.44. The molecule has 0 aliphatic heterocycles. The molecule has 2 aromatic carbocycles. The van der Waals surface area contributed by atoms with Gasteiger partial charge in [0.2, 0.25) is 0 Å². The van der Waals surface area contributed by atoms with Crippen LogP contribution in [-0.4, -0.2) is 4.98 Å². The van der Waals surface area contributed by atoms with Crippen LogP contribution >= 0.6 is 24.8 Å². The molecule has 3 rings (SSSR count). The van der Waals surface area contributed by atoms with Gasteiger partial charge in [-0.2, -0.15) is 0 Å². The van der Waals surface area contributed by atoms with Crippen molar-refractivity contribution in [3.8, 4) is 0 Å². The first-order chi connectivity index (χ1) is 10.3. The second-order valence-corrected chi connectivity index (χ2v) is 5.13. The summed E-state index contributed by atoms with van der Waals surface area (Å²) in [6, 6.07) is 23.2. The van der Waals surface area contributed by atoms with Crippen molar-refractivity contribution in [1.82, 2.24) is 4.98 Å². The second kappa shape index (κ2) is 9.19. The van der Waals surface area contributed by atoms with Crippen LogP contribution in [0, 0.1) is 6.92 Å². The molecule has 1 atom stereocenters. The van der Waals surface area contributed by atoms with Crippen molar-refractivity contribution in [1.29, 1.82) is 0 Å². The van der Waals surface area contributed by atoms with Gasteiger partial charge < -0.3 is 5.32 Å². The SMILES string of the molecule is Cc1ccc(NC(c2ccccc2)c2ccncc2)cc1.Cl.Cl. The minimum Gasteiger partial charge on any atom is -0.374 e. The standard InChI is InChI=1S/C19H18N2.2ClH/c1-15-7-9-18(10-8-15)21-19(16-5-3-2-4-6-16)17-11-13-20-14-12-17;;/h2-14,19,21H,1H3;2*1H. The van der Waals surface area contributed by atoms with Crippen molar-refractivity contribution in [3.63, 3.8) is 0 Å². The van der Waals surface area contributed by atoms with Crippen LogP contribution in [-0.2, 0) is 0 Å². The van der Waals surface area contributed by atoms with E-state index in [9.17, 15) is 0 Å². The van der Waals surface area contributed by atoms with Crippen molar-refractivity contribution in [2.75, 3.05) is 5.32 Å². The fourth-order valence-corrected chi connectivity index (χ4v) is 2.38. The predicted molar refractivity (Wildman–Crippen MR) is 102 cm³/mol. The van der Waals surface area contributed by atoms with Crippen LogP contribution in [0.2, 0.25) is 0 Å². The molecule has 1 unspecified atom stereocenters. The Bertz CT molecular complexity index is 646. The van der Waals surface area contributed by atoms with Gasteiger partial charge in [-0.15, -0.1) is 24.8 Å². The molecule has 1 heterocycles. The van der Waals surface area contributed by atoms with E-state index in [0.717, 1.165) is 5.69 Å². The quantitative estimate of drug-likeness (QED) is 0.680. The van der Waals surface area contributed by atoms with Crippen molar-refractivity contribution in [2.24, 2.45) is 0 Å². The summed E-state index contributed by atoms with van der Waals surface area (Å²) in [7, 11) is 0. The Hall–Kier alpha value is -2.03. The van der Waals surface area contributed by atoms with E-state index in [1.807, 2.05) is 18.5 Å². The third-order valence-electron chi connectivity index (χ3n) is 3.53. The molecule has 0 radical (unpaired) electrons. The third-order valence-corrected chi connectivity index (χ3v) is 3.53. The lowest BCUT2D eigenvalue weighted by atomic mass is 9.99. The monoisotopic (exact) mass is 346 g/mol. The third kappa shape index (κ3) is 4.98. The largest absolute Gasteiger partial charge is 0.374 e. The fourth-order valence-electron chi connectivity index (χ4n) is 2.38. The molecule has 0 aliphatic carbocycles. The summed E-state index contributed by atoms with van der Waals surface area (Å²) in [5.74, 6) is 0. The Morgan fingerprint density at radius 3 is 1.91 bits per heavy atom. The molecule has 0 spiro atoms. The van der Waals surface area contributed by atoms with Gasteiger partial charge in [-0.25, -0.2) is 0 Å². The molecule has 0 aliphatic rings. The number of halogens is 2. The Balaban J connectivity index is 0.00000132. The van der Waals surface area contributed by atoms with Gasteiger partial charge in [0.15, 0.2) is 0 Å². The number of pyridine rings is 1. The van der Waals surface area contributed by atoms with Crippen LogP contribution in [0.25, 0.3) is 0 Å². The van der Waals surface area contributed by atoms with Gasteiger partial charge >= 0.3 is 0 Å². The average molecular weight is 347 g/mol. The molecule has 120 valence electrons. The Morgan fingerprint density at radius 2 is 1.30 bits per heavy atom. The van der Waals surface area contributed by atoms with Gasteiger partial charge in [-0.3, -0.25) is 4.98 Å². The lowest BCUT2D eigenvalue weighted by molar-refractivity contribution is 0.934. The van der Waals surface area contributed by atoms with E-state index in [1.165, 1.54) is 16.7 Å². The summed E-state index contributed by atoms with van der Waals surface area (Å²) in [4.78, 5) is 4.11. The van der Waals surface area contributed by atoms with E-state index in [-0.39, 0.29) is 30.9 Å². The van der Waals surface area contributed by atoms with Crippen LogP contribution in [0.4, 0.5) is 5.69 Å². The second-order valence-electron chi connectivity index (χ2n) is 5.13. The number of hydrogen-bond donors (Lipinski definition) is 1. The number of nitrogens with zero attached hydrogens (tertiary/aromatic N) is 1. The van der Waals surface area contributed by atoms with E-state index in [2.05, 4.69) is 77.9 Å². The van der Waals surface area contributed by atoms with Crippen LogP contribution in [0.3, 0.4) is 0 Å². The molecule has 1 N–H and O–H groups in total. The summed E-state index contributed by atoms with van der Waals surface area (Å²) in [6.07, 6.45) is 3.67. The highest BCUT2D eigenvalue weighted by Gasteiger charge is 2.13. The topological polar surface area (TPSA) is 24.9 Å². The molecule has 1 aromatic heterocycles. The Kier molecular flexibility index (Phi) is 7.60. The van der Waals surface area contributed by atoms with Gasteiger partial charge in [0, 0.05) is 18.1 Å². The van der Waals surface area contributed by atoms with Crippen molar-refractivity contribution in [2.45, 2.75) is 13.0 Å². The van der Waals surface area contributed by atoms with Gasteiger partial charge in [0.05, 0.1) is 6.04 Å². The number of rotatable bonds is 4.